The van der Waals surface area contributed by atoms with Gasteiger partial charge < -0.3 is 14.2 Å². The van der Waals surface area contributed by atoms with Crippen LogP contribution in [0.5, 0.6) is 0 Å². The minimum atomic E-state index is -0.489. The lowest BCUT2D eigenvalue weighted by atomic mass is 10.2. The Morgan fingerprint density at radius 1 is 1.08 bits per heavy atom. The molecule has 1 aliphatic heterocycles. The largest absolute Gasteiger partial charge is 0.459 e. The molecular weight excluding hydrogens is 328 g/mol. The number of aromatic nitrogens is 2. The first-order chi connectivity index (χ1) is 12.0. The minimum absolute atomic E-state index is 0.126. The number of furan rings is 1. The van der Waals surface area contributed by atoms with Crippen molar-refractivity contribution < 1.29 is 14.0 Å². The van der Waals surface area contributed by atoms with E-state index < -0.39 is 11.1 Å². The summed E-state index contributed by atoms with van der Waals surface area (Å²) in [5, 5.41) is 4.36. The second-order valence-electron chi connectivity index (χ2n) is 5.79. The molecule has 0 spiro atoms. The van der Waals surface area contributed by atoms with Crippen LogP contribution >= 0.6 is 0 Å². The monoisotopic (exact) mass is 346 g/mol. The molecule has 3 rings (SSSR count). The van der Waals surface area contributed by atoms with E-state index in [1.165, 1.54) is 6.26 Å². The molecule has 1 aliphatic rings. The van der Waals surface area contributed by atoms with E-state index in [2.05, 4.69) is 10.2 Å². The van der Waals surface area contributed by atoms with Crippen molar-refractivity contribution in [1.29, 1.82) is 0 Å². The fourth-order valence-electron chi connectivity index (χ4n) is 2.79. The number of aromatic amines is 2. The van der Waals surface area contributed by atoms with E-state index in [4.69, 9.17) is 4.42 Å². The number of rotatable bonds is 3. The fourth-order valence-corrected chi connectivity index (χ4v) is 2.79. The van der Waals surface area contributed by atoms with Crippen molar-refractivity contribution in [2.75, 3.05) is 26.2 Å². The summed E-state index contributed by atoms with van der Waals surface area (Å²) in [4.78, 5) is 50.9. The third-order valence-corrected chi connectivity index (χ3v) is 4.11. The predicted octanol–water partition coefficient (Wildman–Crippen LogP) is -0.427. The molecule has 1 saturated heterocycles. The topological polar surface area (TPSA) is 119 Å². The molecule has 1 fully saturated rings. The van der Waals surface area contributed by atoms with Crippen molar-refractivity contribution in [2.45, 2.75) is 12.8 Å². The van der Waals surface area contributed by atoms with Crippen LogP contribution in [0.4, 0.5) is 0 Å². The highest BCUT2D eigenvalue weighted by molar-refractivity contribution is 5.91. The Morgan fingerprint density at radius 3 is 2.60 bits per heavy atom. The summed E-state index contributed by atoms with van der Waals surface area (Å²) >= 11 is 0. The standard InChI is InChI=1S/C16H18N4O5/c21-13-9-11(15(23)18-17-13)10-14(22)19-4-2-5-20(7-6-19)16(24)12-3-1-8-25-12/h1,3,8-9H,2,4-7,10H2,(H,17,21)(H,18,23). The number of nitrogens with one attached hydrogen (secondary N) is 2. The molecule has 0 aromatic carbocycles. The zero-order valence-electron chi connectivity index (χ0n) is 13.5. The second-order valence-corrected chi connectivity index (χ2v) is 5.79. The first-order valence-electron chi connectivity index (χ1n) is 7.96. The highest BCUT2D eigenvalue weighted by Crippen LogP contribution is 2.10. The van der Waals surface area contributed by atoms with Gasteiger partial charge in [-0.3, -0.25) is 29.4 Å². The van der Waals surface area contributed by atoms with Gasteiger partial charge >= 0.3 is 0 Å². The molecule has 2 aromatic rings. The number of H-pyrrole nitrogens is 2. The van der Waals surface area contributed by atoms with E-state index in [-0.39, 0.29) is 29.6 Å². The lowest BCUT2D eigenvalue weighted by Crippen LogP contribution is -2.38. The average Bonchev–Trinajstić information content (AvgIpc) is 3.02. The molecule has 3 heterocycles. The predicted molar refractivity (Wildman–Crippen MR) is 87.2 cm³/mol. The highest BCUT2D eigenvalue weighted by Gasteiger charge is 2.24. The summed E-state index contributed by atoms with van der Waals surface area (Å²) in [6.45, 7) is 1.76. The molecule has 0 radical (unpaired) electrons. The molecule has 0 bridgehead atoms. The van der Waals surface area contributed by atoms with Crippen LogP contribution in [-0.4, -0.2) is 58.0 Å². The summed E-state index contributed by atoms with van der Waals surface area (Å²) in [6.07, 6.45) is 1.93. The summed E-state index contributed by atoms with van der Waals surface area (Å²) in [6, 6.07) is 4.39. The van der Waals surface area contributed by atoms with Gasteiger partial charge in [-0.1, -0.05) is 0 Å². The van der Waals surface area contributed by atoms with Crippen LogP contribution in [-0.2, 0) is 11.2 Å². The first-order valence-corrected chi connectivity index (χ1v) is 7.96. The van der Waals surface area contributed by atoms with Crippen LogP contribution < -0.4 is 11.1 Å². The van der Waals surface area contributed by atoms with Gasteiger partial charge in [0.15, 0.2) is 5.76 Å². The average molecular weight is 346 g/mol. The van der Waals surface area contributed by atoms with Crippen LogP contribution in [0.3, 0.4) is 0 Å². The van der Waals surface area contributed by atoms with Gasteiger partial charge in [-0.05, 0) is 18.6 Å². The molecule has 25 heavy (non-hydrogen) atoms. The second kappa shape index (κ2) is 7.20. The van der Waals surface area contributed by atoms with E-state index in [0.717, 1.165) is 6.07 Å². The van der Waals surface area contributed by atoms with Crippen LogP contribution in [0.1, 0.15) is 22.5 Å². The number of amides is 2. The minimum Gasteiger partial charge on any atom is -0.459 e. The SMILES string of the molecule is O=C(Cc1cc(=O)[nH][nH]c1=O)N1CCCN(C(=O)c2ccco2)CC1. The van der Waals surface area contributed by atoms with Crippen molar-refractivity contribution in [1.82, 2.24) is 20.0 Å². The highest BCUT2D eigenvalue weighted by atomic mass is 16.3. The van der Waals surface area contributed by atoms with Crippen LogP contribution in [0, 0.1) is 0 Å². The summed E-state index contributed by atoms with van der Waals surface area (Å²) in [5.41, 5.74) is -0.826. The van der Waals surface area contributed by atoms with Crippen molar-refractivity contribution in [2.24, 2.45) is 0 Å². The summed E-state index contributed by atoms with van der Waals surface area (Å²) in [7, 11) is 0. The lowest BCUT2D eigenvalue weighted by Gasteiger charge is -2.21. The number of nitrogens with zero attached hydrogens (tertiary/aromatic N) is 2. The summed E-state index contributed by atoms with van der Waals surface area (Å²) in [5.74, 6) is -0.177. The quantitative estimate of drug-likeness (QED) is 0.782. The van der Waals surface area contributed by atoms with Crippen molar-refractivity contribution in [3.8, 4) is 0 Å². The normalized spacial score (nSPS) is 15.0. The van der Waals surface area contributed by atoms with E-state index in [0.29, 0.717) is 32.6 Å². The van der Waals surface area contributed by atoms with Gasteiger partial charge in [0, 0.05) is 37.8 Å². The van der Waals surface area contributed by atoms with Crippen LogP contribution in [0.2, 0.25) is 0 Å². The maximum absolute atomic E-state index is 12.4. The third-order valence-electron chi connectivity index (χ3n) is 4.11. The van der Waals surface area contributed by atoms with Crippen molar-refractivity contribution in [3.63, 3.8) is 0 Å². The zero-order chi connectivity index (χ0) is 17.8. The zero-order valence-corrected chi connectivity index (χ0v) is 13.5. The molecular formula is C16H18N4O5. The molecule has 2 amide bonds. The van der Waals surface area contributed by atoms with Gasteiger partial charge in [0.1, 0.15) is 0 Å². The van der Waals surface area contributed by atoms with E-state index in [1.54, 1.807) is 21.9 Å². The molecule has 2 N–H and O–H groups in total. The maximum Gasteiger partial charge on any atom is 0.289 e. The van der Waals surface area contributed by atoms with Gasteiger partial charge in [0.25, 0.3) is 17.0 Å². The van der Waals surface area contributed by atoms with Gasteiger partial charge in [0.05, 0.1) is 12.7 Å². The molecule has 0 unspecified atom stereocenters. The number of hydrogen-bond donors (Lipinski definition) is 2. The molecule has 9 nitrogen and oxygen atoms in total. The fraction of sp³-hybridized carbons (Fsp3) is 0.375. The Balaban J connectivity index is 1.63. The lowest BCUT2D eigenvalue weighted by molar-refractivity contribution is -0.130. The van der Waals surface area contributed by atoms with Gasteiger partial charge in [-0.2, -0.15) is 0 Å². The summed E-state index contributed by atoms with van der Waals surface area (Å²) < 4.78 is 5.12. The maximum atomic E-state index is 12.4. The first kappa shape index (κ1) is 16.7. The van der Waals surface area contributed by atoms with E-state index >= 15 is 0 Å². The van der Waals surface area contributed by atoms with Crippen molar-refractivity contribution in [3.05, 3.63) is 56.5 Å². The smallest absolute Gasteiger partial charge is 0.289 e. The van der Waals surface area contributed by atoms with Gasteiger partial charge in [-0.25, -0.2) is 0 Å². The van der Waals surface area contributed by atoms with Gasteiger partial charge in [0.2, 0.25) is 5.91 Å². The Morgan fingerprint density at radius 2 is 1.84 bits per heavy atom. The number of carbonyl (C=O) groups is 2. The Labute approximate surface area is 142 Å². The molecule has 9 heteroatoms. The van der Waals surface area contributed by atoms with Crippen molar-refractivity contribution >= 4 is 11.8 Å². The Bertz CT molecular complexity index is 867. The molecule has 0 saturated carbocycles. The van der Waals surface area contributed by atoms with Crippen LogP contribution in [0.25, 0.3) is 0 Å². The van der Waals surface area contributed by atoms with Crippen LogP contribution in [0.15, 0.2) is 38.5 Å². The number of carbonyl (C=O) groups excluding carboxylic acids is 2. The molecule has 0 aliphatic carbocycles. The number of hydrogen-bond acceptors (Lipinski definition) is 5. The van der Waals surface area contributed by atoms with Gasteiger partial charge in [-0.15, -0.1) is 0 Å². The molecule has 132 valence electrons. The van der Waals surface area contributed by atoms with E-state index in [1.807, 2.05) is 0 Å². The molecule has 2 aromatic heterocycles. The Hall–Kier alpha value is -3.10. The molecule has 0 atom stereocenters. The third kappa shape index (κ3) is 3.87. The van der Waals surface area contributed by atoms with E-state index in [9.17, 15) is 19.2 Å². The Kier molecular flexibility index (Phi) is 4.82.